The molecule has 4 N–H and O–H groups in total. The van der Waals surface area contributed by atoms with Crippen LogP contribution in [0.25, 0.3) is 22.4 Å². The molecular weight excluding hydrogens is 446 g/mol. The minimum Gasteiger partial charge on any atom is -0.494 e. The molecule has 0 amide bonds. The van der Waals surface area contributed by atoms with Gasteiger partial charge in [0, 0.05) is 30.2 Å². The molecule has 0 saturated carbocycles. The van der Waals surface area contributed by atoms with Crippen molar-refractivity contribution in [2.75, 3.05) is 38.4 Å². The zero-order valence-electron chi connectivity index (χ0n) is 18.7. The molecule has 2 aromatic heterocycles. The maximum absolute atomic E-state index is 14.7. The van der Waals surface area contributed by atoms with E-state index in [9.17, 15) is 8.78 Å². The molecular formula is C23H24F2N6O3. The van der Waals surface area contributed by atoms with Crippen LogP contribution in [0.15, 0.2) is 36.4 Å². The zero-order valence-corrected chi connectivity index (χ0v) is 18.7. The molecule has 9 nitrogen and oxygen atoms in total. The molecule has 0 spiro atoms. The van der Waals surface area contributed by atoms with E-state index in [0.717, 1.165) is 12.1 Å². The highest BCUT2D eigenvalue weighted by Crippen LogP contribution is 2.32. The number of nitrogens with two attached hydrogens (primary N) is 2. The van der Waals surface area contributed by atoms with Crippen molar-refractivity contribution in [3.05, 3.63) is 53.6 Å². The number of ether oxygens (including phenoxy) is 3. The fourth-order valence-electron chi connectivity index (χ4n) is 3.51. The van der Waals surface area contributed by atoms with Crippen LogP contribution in [0.2, 0.25) is 0 Å². The molecule has 0 saturated heterocycles. The normalized spacial score (nSPS) is 11.2. The average Bonchev–Trinajstić information content (AvgIpc) is 3.17. The second-order valence-electron chi connectivity index (χ2n) is 7.31. The van der Waals surface area contributed by atoms with Gasteiger partial charge < -0.3 is 25.7 Å². The fourth-order valence-corrected chi connectivity index (χ4v) is 3.51. The van der Waals surface area contributed by atoms with Crippen LogP contribution in [0.5, 0.6) is 11.5 Å². The molecule has 4 aromatic rings. The molecule has 178 valence electrons. The number of nitrogens with zero attached hydrogens (tertiary/aromatic N) is 4. The Bertz CT molecular complexity index is 1280. The van der Waals surface area contributed by atoms with Crippen LogP contribution in [-0.4, -0.2) is 46.7 Å². The Kier molecular flexibility index (Phi) is 6.73. The lowest BCUT2D eigenvalue weighted by atomic mass is 10.1. The summed E-state index contributed by atoms with van der Waals surface area (Å²) in [5, 5.41) is 5.21. The van der Waals surface area contributed by atoms with Gasteiger partial charge in [-0.05, 0) is 13.0 Å². The van der Waals surface area contributed by atoms with Crippen molar-refractivity contribution in [2.24, 2.45) is 0 Å². The summed E-state index contributed by atoms with van der Waals surface area (Å²) in [6, 6.07) is 9.50. The van der Waals surface area contributed by atoms with Crippen molar-refractivity contribution in [2.45, 2.75) is 13.5 Å². The highest BCUT2D eigenvalue weighted by molar-refractivity contribution is 5.92. The minimum absolute atomic E-state index is 0.0424. The molecule has 0 radical (unpaired) electrons. The van der Waals surface area contributed by atoms with Gasteiger partial charge in [0.2, 0.25) is 5.75 Å². The number of para-hydroxylation sites is 1. The predicted octanol–water partition coefficient (Wildman–Crippen LogP) is 3.41. The fraction of sp³-hybridized carbons (Fsp3) is 0.261. The smallest absolute Gasteiger partial charge is 0.204 e. The second kappa shape index (κ2) is 9.87. The molecule has 4 rings (SSSR count). The number of fused-ring (bicyclic) bond motifs is 1. The Balaban J connectivity index is 1.74. The Hall–Kier alpha value is -3.99. The highest BCUT2D eigenvalue weighted by atomic mass is 19.1. The van der Waals surface area contributed by atoms with E-state index in [2.05, 4.69) is 15.1 Å². The summed E-state index contributed by atoms with van der Waals surface area (Å²) < 4.78 is 46.5. The zero-order chi connectivity index (χ0) is 24.2. The van der Waals surface area contributed by atoms with Gasteiger partial charge in [-0.15, -0.1) is 0 Å². The Labute approximate surface area is 194 Å². The van der Waals surface area contributed by atoms with Crippen LogP contribution in [-0.2, 0) is 11.3 Å². The molecule has 0 aliphatic carbocycles. The number of rotatable bonds is 9. The summed E-state index contributed by atoms with van der Waals surface area (Å²) in [7, 11) is 1.54. The van der Waals surface area contributed by atoms with E-state index in [4.69, 9.17) is 25.7 Å². The SMILES string of the molecule is CCOc1cc(F)c(Cn2nc(-c3nc(N)c(OCCOC)c(N)n3)c3ccccc32)c(F)c1. The minimum atomic E-state index is -0.730. The van der Waals surface area contributed by atoms with E-state index < -0.39 is 11.6 Å². The number of benzene rings is 2. The summed E-state index contributed by atoms with van der Waals surface area (Å²) in [4.78, 5) is 8.60. The van der Waals surface area contributed by atoms with Gasteiger partial charge in [0.25, 0.3) is 0 Å². The van der Waals surface area contributed by atoms with Gasteiger partial charge in [-0.2, -0.15) is 5.10 Å². The first-order valence-electron chi connectivity index (χ1n) is 10.5. The van der Waals surface area contributed by atoms with Crippen molar-refractivity contribution in [3.63, 3.8) is 0 Å². The Morgan fingerprint density at radius 2 is 1.65 bits per heavy atom. The van der Waals surface area contributed by atoms with Crippen LogP contribution in [0, 0.1) is 11.6 Å². The predicted molar refractivity (Wildman–Crippen MR) is 124 cm³/mol. The molecule has 2 aromatic carbocycles. The summed E-state index contributed by atoms with van der Waals surface area (Å²) in [6.45, 7) is 2.45. The number of methoxy groups -OCH3 is 1. The van der Waals surface area contributed by atoms with Gasteiger partial charge in [0.1, 0.15) is 29.7 Å². The maximum Gasteiger partial charge on any atom is 0.204 e. The van der Waals surface area contributed by atoms with Crippen molar-refractivity contribution < 1.29 is 23.0 Å². The van der Waals surface area contributed by atoms with Gasteiger partial charge in [0.05, 0.1) is 25.3 Å². The lowest BCUT2D eigenvalue weighted by molar-refractivity contribution is 0.147. The van der Waals surface area contributed by atoms with Crippen molar-refractivity contribution in [3.8, 4) is 23.0 Å². The lowest BCUT2D eigenvalue weighted by Gasteiger charge is -2.11. The van der Waals surface area contributed by atoms with E-state index >= 15 is 0 Å². The van der Waals surface area contributed by atoms with Gasteiger partial charge in [-0.3, -0.25) is 4.68 Å². The third-order valence-corrected chi connectivity index (χ3v) is 5.06. The van der Waals surface area contributed by atoms with Crippen molar-refractivity contribution >= 4 is 22.5 Å². The molecule has 0 fully saturated rings. The van der Waals surface area contributed by atoms with Crippen LogP contribution in [0.4, 0.5) is 20.4 Å². The molecule has 0 aliphatic rings. The van der Waals surface area contributed by atoms with Crippen molar-refractivity contribution in [1.29, 1.82) is 0 Å². The van der Waals surface area contributed by atoms with E-state index in [-0.39, 0.29) is 47.7 Å². The molecule has 34 heavy (non-hydrogen) atoms. The first-order chi connectivity index (χ1) is 16.4. The van der Waals surface area contributed by atoms with Gasteiger partial charge in [0.15, 0.2) is 17.5 Å². The molecule has 2 heterocycles. The van der Waals surface area contributed by atoms with Crippen LogP contribution in [0.3, 0.4) is 0 Å². The van der Waals surface area contributed by atoms with Crippen LogP contribution >= 0.6 is 0 Å². The van der Waals surface area contributed by atoms with E-state index in [1.54, 1.807) is 32.2 Å². The quantitative estimate of drug-likeness (QED) is 0.357. The molecule has 0 atom stereocenters. The number of nitrogen functional groups attached to an aromatic ring is 2. The lowest BCUT2D eigenvalue weighted by Crippen LogP contribution is -2.11. The molecule has 11 heteroatoms. The molecule has 0 aliphatic heterocycles. The Morgan fingerprint density at radius 1 is 0.971 bits per heavy atom. The summed E-state index contributed by atoms with van der Waals surface area (Å²) in [6.07, 6.45) is 0. The third kappa shape index (κ3) is 4.55. The summed E-state index contributed by atoms with van der Waals surface area (Å²) >= 11 is 0. The Morgan fingerprint density at radius 3 is 2.29 bits per heavy atom. The molecule has 0 unspecified atom stereocenters. The van der Waals surface area contributed by atoms with Gasteiger partial charge in [-0.1, -0.05) is 18.2 Å². The van der Waals surface area contributed by atoms with Crippen LogP contribution in [0.1, 0.15) is 12.5 Å². The first-order valence-corrected chi connectivity index (χ1v) is 10.5. The van der Waals surface area contributed by atoms with E-state index in [1.807, 2.05) is 6.07 Å². The molecule has 0 bridgehead atoms. The van der Waals surface area contributed by atoms with Crippen LogP contribution < -0.4 is 20.9 Å². The monoisotopic (exact) mass is 470 g/mol. The summed E-state index contributed by atoms with van der Waals surface area (Å²) in [5.41, 5.74) is 13.0. The standard InChI is InChI=1S/C23H24F2N6O3/c1-3-33-13-10-16(24)15(17(25)11-13)12-31-18-7-5-4-6-14(18)19(30-31)23-28-21(26)20(22(27)29-23)34-9-8-32-2/h4-7,10-11H,3,8-9,12H2,1-2H3,(H4,26,27,28,29). The summed E-state index contributed by atoms with van der Waals surface area (Å²) in [5.74, 6) is -0.931. The topological polar surface area (TPSA) is 123 Å². The number of hydrogen-bond acceptors (Lipinski definition) is 8. The van der Waals surface area contributed by atoms with Gasteiger partial charge in [-0.25, -0.2) is 18.7 Å². The van der Waals surface area contributed by atoms with Gasteiger partial charge >= 0.3 is 0 Å². The number of hydrogen-bond donors (Lipinski definition) is 2. The first kappa shape index (κ1) is 23.2. The highest BCUT2D eigenvalue weighted by Gasteiger charge is 2.20. The van der Waals surface area contributed by atoms with E-state index in [1.165, 1.54) is 4.68 Å². The number of anilines is 2. The largest absolute Gasteiger partial charge is 0.494 e. The van der Waals surface area contributed by atoms with Crippen molar-refractivity contribution in [1.82, 2.24) is 19.7 Å². The average molecular weight is 470 g/mol. The second-order valence-corrected chi connectivity index (χ2v) is 7.31. The number of halogens is 2. The maximum atomic E-state index is 14.7. The third-order valence-electron chi connectivity index (χ3n) is 5.06. The van der Waals surface area contributed by atoms with E-state index in [0.29, 0.717) is 29.8 Å². The number of aromatic nitrogens is 4.